The minimum atomic E-state index is -0.156. The molecule has 0 bridgehead atoms. The van der Waals surface area contributed by atoms with Crippen LogP contribution in [0.2, 0.25) is 0 Å². The first kappa shape index (κ1) is 13.9. The van der Waals surface area contributed by atoms with E-state index < -0.39 is 0 Å². The average Bonchev–Trinajstić information content (AvgIpc) is 3.02. The van der Waals surface area contributed by atoms with Gasteiger partial charge in [-0.15, -0.1) is 0 Å². The third-order valence-electron chi connectivity index (χ3n) is 4.11. The smallest absolute Gasteiger partial charge is 0.128 e. The second kappa shape index (κ2) is 6.17. The molecule has 110 valence electrons. The van der Waals surface area contributed by atoms with Gasteiger partial charge in [0, 0.05) is 36.6 Å². The average molecular weight is 284 g/mol. The molecule has 0 aromatic heterocycles. The fourth-order valence-electron chi connectivity index (χ4n) is 2.85. The maximum atomic E-state index is 13.6. The third kappa shape index (κ3) is 3.18. The highest BCUT2D eigenvalue weighted by molar-refractivity contribution is 5.60. The summed E-state index contributed by atoms with van der Waals surface area (Å²) in [5.41, 5.74) is 4.26. The summed E-state index contributed by atoms with van der Waals surface area (Å²) in [5, 5.41) is 3.33. The van der Waals surface area contributed by atoms with Crippen molar-refractivity contribution in [3.63, 3.8) is 0 Å². The molecule has 1 fully saturated rings. The Labute approximate surface area is 125 Å². The van der Waals surface area contributed by atoms with E-state index >= 15 is 0 Å². The van der Waals surface area contributed by atoms with Gasteiger partial charge in [-0.2, -0.15) is 0 Å². The molecule has 1 aliphatic heterocycles. The van der Waals surface area contributed by atoms with Crippen LogP contribution in [-0.2, 0) is 6.54 Å². The van der Waals surface area contributed by atoms with Crippen LogP contribution >= 0.6 is 0 Å². The lowest BCUT2D eigenvalue weighted by atomic mass is 10.1. The third-order valence-corrected chi connectivity index (χ3v) is 4.11. The number of hydrogen-bond acceptors (Lipinski definition) is 2. The monoisotopic (exact) mass is 284 g/mol. The molecule has 21 heavy (non-hydrogen) atoms. The SMILES string of the molecule is Cc1cc(N2CCCC2)ccc1NCc1ccccc1F. The molecule has 0 amide bonds. The van der Waals surface area contributed by atoms with Crippen molar-refractivity contribution in [3.8, 4) is 0 Å². The molecule has 1 saturated heterocycles. The number of halogens is 1. The summed E-state index contributed by atoms with van der Waals surface area (Å²) >= 11 is 0. The maximum Gasteiger partial charge on any atom is 0.128 e. The normalized spacial score (nSPS) is 14.5. The number of hydrogen-bond donors (Lipinski definition) is 1. The van der Waals surface area contributed by atoms with E-state index in [0.29, 0.717) is 12.1 Å². The van der Waals surface area contributed by atoms with Gasteiger partial charge in [-0.05, 0) is 49.6 Å². The van der Waals surface area contributed by atoms with Crippen molar-refractivity contribution in [2.24, 2.45) is 0 Å². The van der Waals surface area contributed by atoms with Gasteiger partial charge in [0.2, 0.25) is 0 Å². The topological polar surface area (TPSA) is 15.3 Å². The minimum Gasteiger partial charge on any atom is -0.381 e. The molecule has 2 nitrogen and oxygen atoms in total. The molecule has 1 N–H and O–H groups in total. The summed E-state index contributed by atoms with van der Waals surface area (Å²) in [6.45, 7) is 4.92. The number of nitrogens with one attached hydrogen (secondary N) is 1. The van der Waals surface area contributed by atoms with Crippen LogP contribution in [0.5, 0.6) is 0 Å². The summed E-state index contributed by atoms with van der Waals surface area (Å²) in [7, 11) is 0. The van der Waals surface area contributed by atoms with Gasteiger partial charge >= 0.3 is 0 Å². The Morgan fingerprint density at radius 3 is 2.57 bits per heavy atom. The van der Waals surface area contributed by atoms with Gasteiger partial charge in [-0.25, -0.2) is 4.39 Å². The standard InChI is InChI=1S/C18H21FN2/c1-14-12-16(21-10-4-5-11-21)8-9-18(14)20-13-15-6-2-3-7-17(15)19/h2-3,6-9,12,20H,4-5,10-11,13H2,1H3. The van der Waals surface area contributed by atoms with Crippen LogP contribution in [0.3, 0.4) is 0 Å². The molecule has 2 aromatic rings. The van der Waals surface area contributed by atoms with Crippen LogP contribution in [-0.4, -0.2) is 13.1 Å². The zero-order chi connectivity index (χ0) is 14.7. The fourth-order valence-corrected chi connectivity index (χ4v) is 2.85. The van der Waals surface area contributed by atoms with Gasteiger partial charge in [-0.3, -0.25) is 0 Å². The van der Waals surface area contributed by atoms with Gasteiger partial charge in [0.15, 0.2) is 0 Å². The Hall–Kier alpha value is -2.03. The van der Waals surface area contributed by atoms with E-state index in [9.17, 15) is 4.39 Å². The van der Waals surface area contributed by atoms with Gasteiger partial charge < -0.3 is 10.2 Å². The fraction of sp³-hybridized carbons (Fsp3) is 0.333. The van der Waals surface area contributed by atoms with Crippen molar-refractivity contribution >= 4 is 11.4 Å². The molecule has 0 aliphatic carbocycles. The molecule has 0 unspecified atom stereocenters. The van der Waals surface area contributed by atoms with E-state index in [-0.39, 0.29) is 5.82 Å². The van der Waals surface area contributed by atoms with E-state index in [1.807, 2.05) is 12.1 Å². The van der Waals surface area contributed by atoms with Crippen LogP contribution in [0.4, 0.5) is 15.8 Å². The zero-order valence-corrected chi connectivity index (χ0v) is 12.4. The van der Waals surface area contributed by atoms with Gasteiger partial charge in [-0.1, -0.05) is 18.2 Å². The van der Waals surface area contributed by atoms with Crippen molar-refractivity contribution in [1.29, 1.82) is 0 Å². The van der Waals surface area contributed by atoms with Crippen molar-refractivity contribution in [2.45, 2.75) is 26.3 Å². The number of aryl methyl sites for hydroxylation is 1. The summed E-state index contributed by atoms with van der Waals surface area (Å²) in [6.07, 6.45) is 2.57. The van der Waals surface area contributed by atoms with E-state index in [1.54, 1.807) is 6.07 Å². The zero-order valence-electron chi connectivity index (χ0n) is 12.4. The summed E-state index contributed by atoms with van der Waals surface area (Å²) in [6, 6.07) is 13.4. The van der Waals surface area contributed by atoms with Gasteiger partial charge in [0.25, 0.3) is 0 Å². The Kier molecular flexibility index (Phi) is 4.09. The lowest BCUT2D eigenvalue weighted by Gasteiger charge is -2.19. The first-order valence-corrected chi connectivity index (χ1v) is 7.57. The van der Waals surface area contributed by atoms with Crippen molar-refractivity contribution in [1.82, 2.24) is 0 Å². The van der Waals surface area contributed by atoms with E-state index in [2.05, 4.69) is 35.3 Å². The summed E-state index contributed by atoms with van der Waals surface area (Å²) in [4.78, 5) is 2.42. The van der Waals surface area contributed by atoms with E-state index in [0.717, 1.165) is 18.8 Å². The van der Waals surface area contributed by atoms with Crippen molar-refractivity contribution in [3.05, 3.63) is 59.4 Å². The second-order valence-electron chi connectivity index (χ2n) is 5.64. The van der Waals surface area contributed by atoms with Crippen LogP contribution in [0.25, 0.3) is 0 Å². The predicted molar refractivity (Wildman–Crippen MR) is 86.4 cm³/mol. The van der Waals surface area contributed by atoms with Crippen LogP contribution in [0.1, 0.15) is 24.0 Å². The Morgan fingerprint density at radius 1 is 1.10 bits per heavy atom. The van der Waals surface area contributed by atoms with Gasteiger partial charge in [0.05, 0.1) is 0 Å². The molecule has 0 radical (unpaired) electrons. The molecule has 1 aliphatic rings. The Balaban J connectivity index is 1.70. The Bertz CT molecular complexity index is 618. The van der Waals surface area contributed by atoms with Crippen molar-refractivity contribution < 1.29 is 4.39 Å². The second-order valence-corrected chi connectivity index (χ2v) is 5.64. The molecule has 0 atom stereocenters. The maximum absolute atomic E-state index is 13.6. The van der Waals surface area contributed by atoms with E-state index in [4.69, 9.17) is 0 Å². The molecule has 2 aromatic carbocycles. The highest BCUT2D eigenvalue weighted by Gasteiger charge is 2.13. The first-order chi connectivity index (χ1) is 10.2. The van der Waals surface area contributed by atoms with Crippen molar-refractivity contribution in [2.75, 3.05) is 23.3 Å². The number of rotatable bonds is 4. The highest BCUT2D eigenvalue weighted by atomic mass is 19.1. The van der Waals surface area contributed by atoms with Gasteiger partial charge in [0.1, 0.15) is 5.82 Å². The number of anilines is 2. The molecule has 0 saturated carbocycles. The summed E-state index contributed by atoms with van der Waals surface area (Å²) in [5.74, 6) is -0.156. The number of nitrogens with zero attached hydrogens (tertiary/aromatic N) is 1. The highest BCUT2D eigenvalue weighted by Crippen LogP contribution is 2.26. The van der Waals surface area contributed by atoms with Crippen LogP contribution in [0.15, 0.2) is 42.5 Å². The molecular formula is C18H21FN2. The quantitative estimate of drug-likeness (QED) is 0.898. The first-order valence-electron chi connectivity index (χ1n) is 7.57. The van der Waals surface area contributed by atoms with Crippen LogP contribution in [0, 0.1) is 12.7 Å². The lowest BCUT2D eigenvalue weighted by molar-refractivity contribution is 0.613. The Morgan fingerprint density at radius 2 is 1.86 bits per heavy atom. The molecule has 3 heteroatoms. The lowest BCUT2D eigenvalue weighted by Crippen LogP contribution is -2.17. The largest absolute Gasteiger partial charge is 0.381 e. The minimum absolute atomic E-state index is 0.156. The molecule has 1 heterocycles. The predicted octanol–water partition coefficient (Wildman–Crippen LogP) is 4.35. The number of benzene rings is 2. The summed E-state index contributed by atoms with van der Waals surface area (Å²) < 4.78 is 13.6. The molecular weight excluding hydrogens is 263 g/mol. The van der Waals surface area contributed by atoms with E-state index in [1.165, 1.54) is 30.2 Å². The van der Waals surface area contributed by atoms with Crippen LogP contribution < -0.4 is 10.2 Å². The molecule has 3 rings (SSSR count). The molecule has 0 spiro atoms.